The Kier molecular flexibility index (Phi) is 4.66. The maximum atomic E-state index is 12.6. The van der Waals surface area contributed by atoms with Gasteiger partial charge in [-0.05, 0) is 36.1 Å². The van der Waals surface area contributed by atoms with E-state index in [2.05, 4.69) is 4.72 Å². The van der Waals surface area contributed by atoms with Crippen LogP contribution in [0.5, 0.6) is 0 Å². The van der Waals surface area contributed by atoms with Crippen LogP contribution >= 0.6 is 0 Å². The number of hydrogen-bond donors (Lipinski definition) is 1. The molecule has 2 aromatic rings. The van der Waals surface area contributed by atoms with Crippen molar-refractivity contribution in [2.45, 2.75) is 38.0 Å². The fraction of sp³-hybridized carbons (Fsp3) is 0.294. The summed E-state index contributed by atoms with van der Waals surface area (Å²) in [4.78, 5) is 10.6. The average molecular weight is 348 g/mol. The van der Waals surface area contributed by atoms with Gasteiger partial charge in [0.05, 0.1) is 15.5 Å². The van der Waals surface area contributed by atoms with E-state index in [1.807, 2.05) is 27.7 Å². The fourth-order valence-electron chi connectivity index (χ4n) is 2.28. The SMILES string of the molecule is Cc1ccc(S(=O)(=O)Nc2ccc([N+](=O)[O-])cc2C(C)(C)C)cc1. The van der Waals surface area contributed by atoms with Crippen molar-refractivity contribution in [3.05, 3.63) is 63.7 Å². The first-order valence-corrected chi connectivity index (χ1v) is 8.87. The van der Waals surface area contributed by atoms with Crippen molar-refractivity contribution in [2.24, 2.45) is 0 Å². The first-order chi connectivity index (χ1) is 11.0. The van der Waals surface area contributed by atoms with Crippen LogP contribution in [0.4, 0.5) is 11.4 Å². The first-order valence-electron chi connectivity index (χ1n) is 7.39. The van der Waals surface area contributed by atoms with Gasteiger partial charge in [0.15, 0.2) is 0 Å². The topological polar surface area (TPSA) is 89.3 Å². The molecule has 0 aromatic heterocycles. The van der Waals surface area contributed by atoms with E-state index in [0.29, 0.717) is 11.3 Å². The smallest absolute Gasteiger partial charge is 0.269 e. The molecule has 0 radical (unpaired) electrons. The van der Waals surface area contributed by atoms with Crippen LogP contribution < -0.4 is 4.72 Å². The van der Waals surface area contributed by atoms with Gasteiger partial charge < -0.3 is 0 Å². The Morgan fingerprint density at radius 3 is 2.12 bits per heavy atom. The van der Waals surface area contributed by atoms with E-state index in [0.717, 1.165) is 5.56 Å². The second-order valence-corrected chi connectivity index (χ2v) is 8.34. The summed E-state index contributed by atoms with van der Waals surface area (Å²) in [6, 6.07) is 10.6. The van der Waals surface area contributed by atoms with Crippen molar-refractivity contribution in [2.75, 3.05) is 4.72 Å². The number of hydrogen-bond acceptors (Lipinski definition) is 4. The van der Waals surface area contributed by atoms with Crippen LogP contribution in [0.25, 0.3) is 0 Å². The molecule has 2 aromatic carbocycles. The summed E-state index contributed by atoms with van der Waals surface area (Å²) in [6.45, 7) is 7.49. The largest absolute Gasteiger partial charge is 0.279 e. The van der Waals surface area contributed by atoms with Crippen molar-refractivity contribution in [1.29, 1.82) is 0 Å². The minimum Gasteiger partial charge on any atom is -0.279 e. The predicted octanol–water partition coefficient (Wildman–Crippen LogP) is 4.00. The average Bonchev–Trinajstić information content (AvgIpc) is 2.46. The number of aryl methyl sites for hydroxylation is 1. The van der Waals surface area contributed by atoms with Crippen molar-refractivity contribution in [3.8, 4) is 0 Å². The molecular formula is C17H20N2O4S. The molecule has 24 heavy (non-hydrogen) atoms. The molecule has 6 nitrogen and oxygen atoms in total. The van der Waals surface area contributed by atoms with E-state index in [-0.39, 0.29) is 10.6 Å². The molecule has 0 atom stereocenters. The van der Waals surface area contributed by atoms with Gasteiger partial charge in [0, 0.05) is 12.1 Å². The van der Waals surface area contributed by atoms with Crippen LogP contribution in [-0.2, 0) is 15.4 Å². The van der Waals surface area contributed by atoms with Gasteiger partial charge in [0.1, 0.15) is 0 Å². The van der Waals surface area contributed by atoms with Gasteiger partial charge >= 0.3 is 0 Å². The number of non-ortho nitro benzene ring substituents is 1. The number of benzene rings is 2. The summed E-state index contributed by atoms with van der Waals surface area (Å²) >= 11 is 0. The third-order valence-corrected chi connectivity index (χ3v) is 4.98. The molecular weight excluding hydrogens is 328 g/mol. The lowest BCUT2D eigenvalue weighted by Gasteiger charge is -2.23. The number of rotatable bonds is 4. The van der Waals surface area contributed by atoms with Gasteiger partial charge in [-0.1, -0.05) is 38.5 Å². The summed E-state index contributed by atoms with van der Waals surface area (Å²) in [7, 11) is -3.77. The highest BCUT2D eigenvalue weighted by Gasteiger charge is 2.24. The number of nitrogens with one attached hydrogen (secondary N) is 1. The lowest BCUT2D eigenvalue weighted by Crippen LogP contribution is -2.19. The second-order valence-electron chi connectivity index (χ2n) is 6.66. The summed E-state index contributed by atoms with van der Waals surface area (Å²) in [6.07, 6.45) is 0. The van der Waals surface area contributed by atoms with Gasteiger partial charge in [-0.3, -0.25) is 14.8 Å². The van der Waals surface area contributed by atoms with E-state index in [1.165, 1.54) is 30.3 Å². The fourth-order valence-corrected chi connectivity index (χ4v) is 3.36. The Labute approximate surface area is 141 Å². The van der Waals surface area contributed by atoms with E-state index in [9.17, 15) is 18.5 Å². The predicted molar refractivity (Wildman–Crippen MR) is 93.8 cm³/mol. The molecule has 128 valence electrons. The molecule has 7 heteroatoms. The third-order valence-electron chi connectivity index (χ3n) is 3.60. The molecule has 0 spiro atoms. The van der Waals surface area contributed by atoms with Crippen molar-refractivity contribution in [1.82, 2.24) is 0 Å². The summed E-state index contributed by atoms with van der Waals surface area (Å²) < 4.78 is 27.7. The zero-order chi connectivity index (χ0) is 18.1. The Balaban J connectivity index is 2.49. The van der Waals surface area contributed by atoms with Gasteiger partial charge in [-0.25, -0.2) is 8.42 Å². The molecule has 0 heterocycles. The highest BCUT2D eigenvalue weighted by atomic mass is 32.2. The maximum absolute atomic E-state index is 12.6. The zero-order valence-electron chi connectivity index (χ0n) is 14.0. The van der Waals surface area contributed by atoms with Gasteiger partial charge in [0.2, 0.25) is 0 Å². The first kappa shape index (κ1) is 17.9. The molecule has 2 rings (SSSR count). The van der Waals surface area contributed by atoms with E-state index in [4.69, 9.17) is 0 Å². The molecule has 0 saturated carbocycles. The minimum absolute atomic E-state index is 0.0711. The van der Waals surface area contributed by atoms with Crippen molar-refractivity contribution >= 4 is 21.4 Å². The Hall–Kier alpha value is -2.41. The van der Waals surface area contributed by atoms with E-state index in [1.54, 1.807) is 12.1 Å². The summed E-state index contributed by atoms with van der Waals surface area (Å²) in [5, 5.41) is 11.0. The van der Waals surface area contributed by atoms with Crippen molar-refractivity contribution < 1.29 is 13.3 Å². The highest BCUT2D eigenvalue weighted by Crippen LogP contribution is 2.33. The van der Waals surface area contributed by atoms with Gasteiger partial charge in [-0.2, -0.15) is 0 Å². The van der Waals surface area contributed by atoms with Crippen LogP contribution in [0.3, 0.4) is 0 Å². The molecule has 0 amide bonds. The maximum Gasteiger partial charge on any atom is 0.269 e. The number of nitrogens with zero attached hydrogens (tertiary/aromatic N) is 1. The quantitative estimate of drug-likeness (QED) is 0.668. The normalized spacial score (nSPS) is 12.0. The van der Waals surface area contributed by atoms with Crippen LogP contribution in [-0.4, -0.2) is 13.3 Å². The molecule has 0 unspecified atom stereocenters. The molecule has 0 bridgehead atoms. The zero-order valence-corrected chi connectivity index (χ0v) is 14.8. The standard InChI is InChI=1S/C17H20N2O4S/c1-12-5-8-14(9-6-12)24(22,23)18-16-10-7-13(19(20)21)11-15(16)17(2,3)4/h5-11,18H,1-4H3. The molecule has 0 aliphatic rings. The molecule has 0 fully saturated rings. The lowest BCUT2D eigenvalue weighted by atomic mass is 9.85. The lowest BCUT2D eigenvalue weighted by molar-refractivity contribution is -0.384. The third kappa shape index (κ3) is 3.91. The number of sulfonamides is 1. The molecule has 0 aliphatic heterocycles. The number of nitro groups is 1. The number of anilines is 1. The van der Waals surface area contributed by atoms with Crippen molar-refractivity contribution in [3.63, 3.8) is 0 Å². The summed E-state index contributed by atoms with van der Waals surface area (Å²) in [5.41, 5.74) is 1.33. The van der Waals surface area contributed by atoms with E-state index >= 15 is 0 Å². The molecule has 1 N–H and O–H groups in total. The molecule has 0 aliphatic carbocycles. The van der Waals surface area contributed by atoms with Gasteiger partial charge in [-0.15, -0.1) is 0 Å². The van der Waals surface area contributed by atoms with Crippen LogP contribution in [0, 0.1) is 17.0 Å². The second kappa shape index (κ2) is 6.24. The van der Waals surface area contributed by atoms with Crippen LogP contribution in [0.15, 0.2) is 47.4 Å². The Bertz CT molecular complexity index is 866. The van der Waals surface area contributed by atoms with E-state index < -0.39 is 20.4 Å². The highest BCUT2D eigenvalue weighted by molar-refractivity contribution is 7.92. The minimum atomic E-state index is -3.77. The Morgan fingerprint density at radius 1 is 1.04 bits per heavy atom. The molecule has 0 saturated heterocycles. The van der Waals surface area contributed by atoms with Crippen LogP contribution in [0.2, 0.25) is 0 Å². The Morgan fingerprint density at radius 2 is 1.62 bits per heavy atom. The van der Waals surface area contributed by atoms with Gasteiger partial charge in [0.25, 0.3) is 15.7 Å². The summed E-state index contributed by atoms with van der Waals surface area (Å²) in [5.74, 6) is 0. The number of nitro benzene ring substituents is 1. The van der Waals surface area contributed by atoms with Crippen LogP contribution in [0.1, 0.15) is 31.9 Å². The monoisotopic (exact) mass is 348 g/mol.